The summed E-state index contributed by atoms with van der Waals surface area (Å²) < 4.78 is 8.64. The maximum Gasteiger partial charge on any atom is 0.333 e. The normalized spacial score (nSPS) is 16.4. The van der Waals surface area contributed by atoms with Crippen LogP contribution in [0.2, 0.25) is 0 Å². The first-order chi connectivity index (χ1) is 16.4. The number of piperidine rings is 1. The largest absolute Gasteiger partial charge is 0.468 e. The van der Waals surface area contributed by atoms with Crippen molar-refractivity contribution in [1.82, 2.24) is 34.1 Å². The zero-order valence-corrected chi connectivity index (χ0v) is 18.9. The van der Waals surface area contributed by atoms with Gasteiger partial charge in [0.05, 0.1) is 19.2 Å². The van der Waals surface area contributed by atoms with Crippen LogP contribution in [0.3, 0.4) is 0 Å². The molecule has 0 aliphatic carbocycles. The van der Waals surface area contributed by atoms with Crippen molar-refractivity contribution in [3.63, 3.8) is 0 Å². The molecule has 13 heteroatoms. The molecule has 1 aromatic carbocycles. The van der Waals surface area contributed by atoms with Crippen LogP contribution in [-0.2, 0) is 29.7 Å². The topological polar surface area (TPSA) is 159 Å². The number of methoxy groups -OCH3 is 1. The van der Waals surface area contributed by atoms with Gasteiger partial charge in [0.15, 0.2) is 11.2 Å². The number of aromatic amines is 1. The standard InChI is InChI=1S/C21H25N9O4/c1-27-15-6-5-12(8-14(15)25-26-27)9-30-19(32)17-18(29(21(30)33)11-16(31)34-2)24-20(23-17)28-7-3-4-13(22)10-28/h5-6,8,13H,3-4,7,9-11,22H2,1-2H3,(H,23,24). The van der Waals surface area contributed by atoms with Crippen LogP contribution in [0.1, 0.15) is 18.4 Å². The molecule has 0 bridgehead atoms. The number of carbonyl (C=O) groups excluding carboxylic acids is 1. The summed E-state index contributed by atoms with van der Waals surface area (Å²) in [4.78, 5) is 48.3. The van der Waals surface area contributed by atoms with Gasteiger partial charge in [0.25, 0.3) is 5.56 Å². The lowest BCUT2D eigenvalue weighted by Gasteiger charge is -2.30. The number of imidazole rings is 1. The summed E-state index contributed by atoms with van der Waals surface area (Å²) in [5.74, 6) is -0.182. The maximum atomic E-state index is 13.4. The SMILES string of the molecule is COC(=O)Cn1c(=O)n(Cc2ccc3c(c2)nnn3C)c(=O)c2[nH]c(N3CCCC(N)C3)nc21. The van der Waals surface area contributed by atoms with Gasteiger partial charge >= 0.3 is 11.7 Å². The van der Waals surface area contributed by atoms with E-state index in [9.17, 15) is 14.4 Å². The number of benzene rings is 1. The quantitative estimate of drug-likeness (QED) is 0.363. The van der Waals surface area contributed by atoms with Crippen molar-refractivity contribution in [2.24, 2.45) is 12.8 Å². The molecule has 4 heterocycles. The lowest BCUT2D eigenvalue weighted by Crippen LogP contribution is -2.43. The van der Waals surface area contributed by atoms with Crippen LogP contribution in [0.25, 0.3) is 22.2 Å². The lowest BCUT2D eigenvalue weighted by molar-refractivity contribution is -0.141. The Bertz CT molecular complexity index is 1510. The summed E-state index contributed by atoms with van der Waals surface area (Å²) in [6.45, 7) is 0.914. The van der Waals surface area contributed by atoms with Crippen molar-refractivity contribution < 1.29 is 9.53 Å². The van der Waals surface area contributed by atoms with Gasteiger partial charge in [0.2, 0.25) is 5.95 Å². The van der Waals surface area contributed by atoms with E-state index in [0.29, 0.717) is 23.6 Å². The Morgan fingerprint density at radius 3 is 2.88 bits per heavy atom. The van der Waals surface area contributed by atoms with Crippen LogP contribution in [0.5, 0.6) is 0 Å². The highest BCUT2D eigenvalue weighted by Crippen LogP contribution is 2.19. The summed E-state index contributed by atoms with van der Waals surface area (Å²) in [5, 5.41) is 8.08. The summed E-state index contributed by atoms with van der Waals surface area (Å²) in [7, 11) is 3.02. The molecule has 1 atom stereocenters. The number of nitrogens with zero attached hydrogens (tertiary/aromatic N) is 7. The van der Waals surface area contributed by atoms with Crippen molar-refractivity contribution >= 4 is 34.1 Å². The number of aromatic nitrogens is 7. The maximum absolute atomic E-state index is 13.4. The molecule has 3 aromatic heterocycles. The molecular weight excluding hydrogens is 442 g/mol. The minimum atomic E-state index is -0.657. The predicted molar refractivity (Wildman–Crippen MR) is 124 cm³/mol. The van der Waals surface area contributed by atoms with Crippen molar-refractivity contribution in [2.45, 2.75) is 32.0 Å². The molecule has 34 heavy (non-hydrogen) atoms. The Morgan fingerprint density at radius 1 is 1.29 bits per heavy atom. The fourth-order valence-electron chi connectivity index (χ4n) is 4.35. The number of fused-ring (bicyclic) bond motifs is 2. The monoisotopic (exact) mass is 467 g/mol. The first-order valence-corrected chi connectivity index (χ1v) is 10.9. The van der Waals surface area contributed by atoms with Gasteiger partial charge in [-0.2, -0.15) is 4.98 Å². The van der Waals surface area contributed by atoms with E-state index < -0.39 is 17.2 Å². The molecule has 0 spiro atoms. The number of rotatable bonds is 5. The van der Waals surface area contributed by atoms with Gasteiger partial charge in [0, 0.05) is 26.2 Å². The van der Waals surface area contributed by atoms with Gasteiger partial charge in [0.1, 0.15) is 12.1 Å². The average molecular weight is 467 g/mol. The molecule has 4 aromatic rings. The predicted octanol–water partition coefficient (Wildman–Crippen LogP) is -0.683. The van der Waals surface area contributed by atoms with E-state index >= 15 is 0 Å². The van der Waals surface area contributed by atoms with Crippen LogP contribution in [-0.4, -0.2) is 66.3 Å². The highest BCUT2D eigenvalue weighted by molar-refractivity contribution is 5.77. The second-order valence-corrected chi connectivity index (χ2v) is 8.48. The number of hydrogen-bond donors (Lipinski definition) is 2. The fraction of sp³-hybridized carbons (Fsp3) is 0.429. The van der Waals surface area contributed by atoms with E-state index in [1.165, 1.54) is 7.11 Å². The molecule has 13 nitrogen and oxygen atoms in total. The summed E-state index contributed by atoms with van der Waals surface area (Å²) in [6.07, 6.45) is 1.80. The number of hydrogen-bond acceptors (Lipinski definition) is 9. The number of nitrogens with two attached hydrogens (primary N) is 1. The smallest absolute Gasteiger partial charge is 0.333 e. The van der Waals surface area contributed by atoms with Gasteiger partial charge in [-0.1, -0.05) is 11.3 Å². The molecule has 0 radical (unpaired) electrons. The van der Waals surface area contributed by atoms with Gasteiger partial charge < -0.3 is 20.4 Å². The van der Waals surface area contributed by atoms with Crippen molar-refractivity contribution in [3.05, 3.63) is 44.6 Å². The lowest BCUT2D eigenvalue weighted by atomic mass is 10.1. The molecule has 1 saturated heterocycles. The molecule has 0 saturated carbocycles. The highest BCUT2D eigenvalue weighted by atomic mass is 16.5. The summed E-state index contributed by atoms with van der Waals surface area (Å²) >= 11 is 0. The molecule has 1 aliphatic heterocycles. The van der Waals surface area contributed by atoms with E-state index in [1.54, 1.807) is 23.9 Å². The van der Waals surface area contributed by atoms with Crippen LogP contribution in [0.15, 0.2) is 27.8 Å². The second-order valence-electron chi connectivity index (χ2n) is 8.48. The van der Waals surface area contributed by atoms with E-state index in [1.807, 2.05) is 11.0 Å². The van der Waals surface area contributed by atoms with Gasteiger partial charge in [-0.15, -0.1) is 5.10 Å². The number of ether oxygens (including phenoxy) is 1. The zero-order valence-electron chi connectivity index (χ0n) is 18.9. The van der Waals surface area contributed by atoms with Gasteiger partial charge in [-0.05, 0) is 30.5 Å². The number of nitrogens with one attached hydrogen (secondary N) is 1. The molecule has 5 rings (SSSR count). The van der Waals surface area contributed by atoms with E-state index in [0.717, 1.165) is 34.0 Å². The number of anilines is 1. The second kappa shape index (κ2) is 8.41. The molecule has 0 amide bonds. The zero-order chi connectivity index (χ0) is 24.0. The van der Waals surface area contributed by atoms with Crippen LogP contribution >= 0.6 is 0 Å². The Kier molecular flexibility index (Phi) is 5.40. The molecule has 178 valence electrons. The van der Waals surface area contributed by atoms with Crippen LogP contribution in [0.4, 0.5) is 5.95 Å². The first kappa shape index (κ1) is 21.8. The third kappa shape index (κ3) is 3.73. The molecule has 1 fully saturated rings. The molecule has 1 unspecified atom stereocenters. The summed E-state index contributed by atoms with van der Waals surface area (Å²) in [6, 6.07) is 5.40. The Morgan fingerprint density at radius 2 is 2.12 bits per heavy atom. The van der Waals surface area contributed by atoms with Crippen molar-refractivity contribution in [1.29, 1.82) is 0 Å². The number of esters is 1. The first-order valence-electron chi connectivity index (χ1n) is 10.9. The van der Waals surface area contributed by atoms with Gasteiger partial charge in [-0.3, -0.25) is 18.7 Å². The third-order valence-corrected chi connectivity index (χ3v) is 6.14. The van der Waals surface area contributed by atoms with Crippen molar-refractivity contribution in [3.8, 4) is 0 Å². The molecule has 3 N–H and O–H groups in total. The highest BCUT2D eigenvalue weighted by Gasteiger charge is 2.24. The number of aryl methyl sites for hydroxylation is 1. The average Bonchev–Trinajstić information content (AvgIpc) is 3.43. The Hall–Kier alpha value is -4.00. The Labute approximate surface area is 192 Å². The molecule has 1 aliphatic rings. The summed E-state index contributed by atoms with van der Waals surface area (Å²) in [5.41, 5.74) is 7.32. The van der Waals surface area contributed by atoms with Crippen molar-refractivity contribution in [2.75, 3.05) is 25.1 Å². The minimum absolute atomic E-state index is 0.00751. The fourth-order valence-corrected chi connectivity index (χ4v) is 4.35. The van der Waals surface area contributed by atoms with E-state index in [2.05, 4.69) is 20.3 Å². The van der Waals surface area contributed by atoms with E-state index in [4.69, 9.17) is 10.5 Å². The van der Waals surface area contributed by atoms with E-state index in [-0.39, 0.29) is 30.3 Å². The third-order valence-electron chi connectivity index (χ3n) is 6.14. The van der Waals surface area contributed by atoms with Crippen LogP contribution in [0, 0.1) is 0 Å². The van der Waals surface area contributed by atoms with Gasteiger partial charge in [-0.25, -0.2) is 9.48 Å². The number of H-pyrrole nitrogens is 1. The molecular formula is C21H25N9O4. The Balaban J connectivity index is 1.63. The number of carbonyl (C=O) groups is 1. The van der Waals surface area contributed by atoms with Crippen LogP contribution < -0.4 is 21.9 Å². The minimum Gasteiger partial charge on any atom is -0.468 e.